The lowest BCUT2D eigenvalue weighted by molar-refractivity contribution is -0.119. The van der Waals surface area contributed by atoms with Crippen LogP contribution in [-0.2, 0) is 4.79 Å². The summed E-state index contributed by atoms with van der Waals surface area (Å²) in [6.45, 7) is 7.86. The van der Waals surface area contributed by atoms with Crippen molar-refractivity contribution in [2.24, 2.45) is 0 Å². The number of allylic oxidation sites excluding steroid dienone is 2. The Morgan fingerprint density at radius 3 is 2.67 bits per heavy atom. The van der Waals surface area contributed by atoms with Gasteiger partial charge < -0.3 is 10.2 Å². The molecule has 0 aromatic carbocycles. The van der Waals surface area contributed by atoms with Crippen molar-refractivity contribution in [1.82, 2.24) is 15.1 Å². The van der Waals surface area contributed by atoms with Crippen molar-refractivity contribution in [3.63, 3.8) is 0 Å². The molecule has 102 valence electrons. The van der Waals surface area contributed by atoms with Gasteiger partial charge in [0.15, 0.2) is 0 Å². The third-order valence-electron chi connectivity index (χ3n) is 3.85. The van der Waals surface area contributed by atoms with Gasteiger partial charge in [0.05, 0.1) is 0 Å². The first-order chi connectivity index (χ1) is 8.75. The molecule has 1 N–H and O–H groups in total. The number of nitrogens with one attached hydrogen (secondary N) is 1. The number of nitrogens with zero attached hydrogens (tertiary/aromatic N) is 2. The number of hydrogen-bond acceptors (Lipinski definition) is 3. The van der Waals surface area contributed by atoms with E-state index in [1.807, 2.05) is 0 Å². The second-order valence-corrected chi connectivity index (χ2v) is 5.25. The summed E-state index contributed by atoms with van der Waals surface area (Å²) < 4.78 is 0. The van der Waals surface area contributed by atoms with Gasteiger partial charge >= 0.3 is 0 Å². The molecule has 1 aliphatic heterocycles. The van der Waals surface area contributed by atoms with Gasteiger partial charge in [0, 0.05) is 51.9 Å². The van der Waals surface area contributed by atoms with Crippen molar-refractivity contribution in [3.8, 4) is 0 Å². The predicted molar refractivity (Wildman–Crippen MR) is 73.2 cm³/mol. The maximum atomic E-state index is 10.8. The largest absolute Gasteiger partial charge is 0.373 e. The summed E-state index contributed by atoms with van der Waals surface area (Å²) in [6.07, 6.45) is 7.68. The van der Waals surface area contributed by atoms with Crippen LogP contribution in [0.1, 0.15) is 32.6 Å². The van der Waals surface area contributed by atoms with Gasteiger partial charge in [-0.25, -0.2) is 0 Å². The fourth-order valence-electron chi connectivity index (χ4n) is 2.76. The molecule has 0 bridgehead atoms. The molecule has 0 unspecified atom stereocenters. The molecule has 4 nitrogen and oxygen atoms in total. The minimum Gasteiger partial charge on any atom is -0.373 e. The molecule has 1 saturated heterocycles. The Kier molecular flexibility index (Phi) is 5.05. The first kappa shape index (κ1) is 13.4. The molecule has 0 atom stereocenters. The van der Waals surface area contributed by atoms with E-state index >= 15 is 0 Å². The fourth-order valence-corrected chi connectivity index (χ4v) is 2.76. The van der Waals surface area contributed by atoms with Crippen LogP contribution in [0.15, 0.2) is 11.8 Å². The van der Waals surface area contributed by atoms with Crippen LogP contribution < -0.4 is 5.32 Å². The van der Waals surface area contributed by atoms with E-state index in [1.54, 1.807) is 12.6 Å². The second kappa shape index (κ2) is 6.78. The molecule has 0 saturated carbocycles. The van der Waals surface area contributed by atoms with E-state index in [9.17, 15) is 4.79 Å². The molecular formula is C14H25N3O. The van der Waals surface area contributed by atoms with E-state index in [1.165, 1.54) is 25.7 Å². The van der Waals surface area contributed by atoms with Gasteiger partial charge in [-0.15, -0.1) is 0 Å². The molecule has 1 heterocycles. The molecule has 0 aromatic heterocycles. The molecule has 0 radical (unpaired) electrons. The first-order valence-electron chi connectivity index (χ1n) is 7.16. The average Bonchev–Trinajstić information content (AvgIpc) is 2.40. The normalized spacial score (nSPS) is 21.6. The number of carbonyl (C=O) groups excluding carboxylic acids is 1. The van der Waals surface area contributed by atoms with Crippen molar-refractivity contribution in [1.29, 1.82) is 0 Å². The SMILES string of the molecule is CC(=O)NCCN1CCN(C2=CCCCC2)CC1. The lowest BCUT2D eigenvalue weighted by Gasteiger charge is -2.38. The molecule has 0 spiro atoms. The molecule has 4 heteroatoms. The lowest BCUT2D eigenvalue weighted by Crippen LogP contribution is -2.47. The highest BCUT2D eigenvalue weighted by Crippen LogP contribution is 2.21. The van der Waals surface area contributed by atoms with Crippen molar-refractivity contribution in [2.45, 2.75) is 32.6 Å². The zero-order chi connectivity index (χ0) is 12.8. The highest BCUT2D eigenvalue weighted by Gasteiger charge is 2.19. The van der Waals surface area contributed by atoms with Gasteiger partial charge in [-0.3, -0.25) is 9.69 Å². The van der Waals surface area contributed by atoms with E-state index in [4.69, 9.17) is 0 Å². The van der Waals surface area contributed by atoms with E-state index in [0.29, 0.717) is 0 Å². The van der Waals surface area contributed by atoms with Crippen LogP contribution in [0.25, 0.3) is 0 Å². The van der Waals surface area contributed by atoms with Gasteiger partial charge in [0.25, 0.3) is 0 Å². The van der Waals surface area contributed by atoms with Crippen molar-refractivity contribution >= 4 is 5.91 Å². The van der Waals surface area contributed by atoms with Crippen LogP contribution in [0.3, 0.4) is 0 Å². The van der Waals surface area contributed by atoms with E-state index in [2.05, 4.69) is 21.2 Å². The Morgan fingerprint density at radius 1 is 1.28 bits per heavy atom. The topological polar surface area (TPSA) is 35.6 Å². The zero-order valence-electron chi connectivity index (χ0n) is 11.5. The quantitative estimate of drug-likeness (QED) is 0.815. The summed E-state index contributed by atoms with van der Waals surface area (Å²) in [4.78, 5) is 15.8. The Balaban J connectivity index is 1.67. The number of hydrogen-bond donors (Lipinski definition) is 1. The Labute approximate surface area is 110 Å². The minimum absolute atomic E-state index is 0.0704. The highest BCUT2D eigenvalue weighted by molar-refractivity contribution is 5.72. The van der Waals surface area contributed by atoms with Crippen molar-refractivity contribution in [2.75, 3.05) is 39.3 Å². The molecular weight excluding hydrogens is 226 g/mol. The average molecular weight is 251 g/mol. The number of piperazine rings is 1. The molecule has 18 heavy (non-hydrogen) atoms. The smallest absolute Gasteiger partial charge is 0.216 e. The van der Waals surface area contributed by atoms with Crippen LogP contribution >= 0.6 is 0 Å². The summed E-state index contributed by atoms with van der Waals surface area (Å²) in [5.74, 6) is 0.0704. The van der Waals surface area contributed by atoms with Gasteiger partial charge in [-0.05, 0) is 25.7 Å². The van der Waals surface area contributed by atoms with Crippen LogP contribution in [0.4, 0.5) is 0 Å². The Bertz CT molecular complexity index is 306. The van der Waals surface area contributed by atoms with E-state index in [-0.39, 0.29) is 5.91 Å². The van der Waals surface area contributed by atoms with Gasteiger partial charge in [-0.2, -0.15) is 0 Å². The van der Waals surface area contributed by atoms with Crippen LogP contribution in [0.5, 0.6) is 0 Å². The van der Waals surface area contributed by atoms with Gasteiger partial charge in [-0.1, -0.05) is 6.08 Å². The predicted octanol–water partition coefficient (Wildman–Crippen LogP) is 1.20. The zero-order valence-corrected chi connectivity index (χ0v) is 11.5. The molecule has 2 rings (SSSR count). The molecule has 1 fully saturated rings. The fraction of sp³-hybridized carbons (Fsp3) is 0.786. The summed E-state index contributed by atoms with van der Waals surface area (Å²) in [5, 5.41) is 2.86. The molecule has 0 aromatic rings. The lowest BCUT2D eigenvalue weighted by atomic mass is 10.0. The second-order valence-electron chi connectivity index (χ2n) is 5.25. The van der Waals surface area contributed by atoms with Crippen LogP contribution in [0.2, 0.25) is 0 Å². The third-order valence-corrected chi connectivity index (χ3v) is 3.85. The monoisotopic (exact) mass is 251 g/mol. The van der Waals surface area contributed by atoms with Gasteiger partial charge in [0.2, 0.25) is 5.91 Å². The van der Waals surface area contributed by atoms with Crippen molar-refractivity contribution < 1.29 is 4.79 Å². The van der Waals surface area contributed by atoms with Gasteiger partial charge in [0.1, 0.15) is 0 Å². The third kappa shape index (κ3) is 4.02. The maximum Gasteiger partial charge on any atom is 0.216 e. The Morgan fingerprint density at radius 2 is 2.06 bits per heavy atom. The first-order valence-corrected chi connectivity index (χ1v) is 7.16. The maximum absolute atomic E-state index is 10.8. The molecule has 2 aliphatic rings. The number of carbonyl (C=O) groups is 1. The standard InChI is InChI=1S/C14H25N3O/c1-13(18)15-7-8-16-9-11-17(12-10-16)14-5-3-2-4-6-14/h5H,2-4,6-12H2,1H3,(H,15,18). The van der Waals surface area contributed by atoms with Crippen LogP contribution in [-0.4, -0.2) is 55.0 Å². The summed E-state index contributed by atoms with van der Waals surface area (Å²) >= 11 is 0. The van der Waals surface area contributed by atoms with E-state index in [0.717, 1.165) is 39.3 Å². The molecule has 1 aliphatic carbocycles. The summed E-state index contributed by atoms with van der Waals surface area (Å²) in [5.41, 5.74) is 1.57. The van der Waals surface area contributed by atoms with Crippen LogP contribution in [0, 0.1) is 0 Å². The summed E-state index contributed by atoms with van der Waals surface area (Å²) in [7, 11) is 0. The number of amides is 1. The molecule has 1 amide bonds. The highest BCUT2D eigenvalue weighted by atomic mass is 16.1. The summed E-state index contributed by atoms with van der Waals surface area (Å²) in [6, 6.07) is 0. The van der Waals surface area contributed by atoms with E-state index < -0.39 is 0 Å². The minimum atomic E-state index is 0.0704. The Hall–Kier alpha value is -1.03. The number of rotatable bonds is 4. The van der Waals surface area contributed by atoms with Crippen molar-refractivity contribution in [3.05, 3.63) is 11.8 Å².